The number of anilines is 1. The summed E-state index contributed by atoms with van der Waals surface area (Å²) in [5.41, 5.74) is 2.84. The third-order valence-electron chi connectivity index (χ3n) is 3.20. The maximum Gasteiger partial charge on any atom is 0.264 e. The minimum atomic E-state index is -0.195. The van der Waals surface area contributed by atoms with Gasteiger partial charge in [-0.3, -0.25) is 9.59 Å². The molecule has 0 radical (unpaired) electrons. The maximum atomic E-state index is 12.1. The summed E-state index contributed by atoms with van der Waals surface area (Å²) in [5, 5.41) is 4.73. The molecule has 0 bridgehead atoms. The average Bonchev–Trinajstić information content (AvgIpc) is 2.96. The summed E-state index contributed by atoms with van der Waals surface area (Å²) in [6.45, 7) is 3.93. The molecule has 1 heterocycles. The van der Waals surface area contributed by atoms with Gasteiger partial charge >= 0.3 is 0 Å². The lowest BCUT2D eigenvalue weighted by Gasteiger charge is -2.17. The van der Waals surface area contributed by atoms with E-state index in [2.05, 4.69) is 5.32 Å². The number of nitrogens with one attached hydrogen (secondary N) is 1. The predicted molar refractivity (Wildman–Crippen MR) is 85.8 cm³/mol. The summed E-state index contributed by atoms with van der Waals surface area (Å²) in [6.07, 6.45) is 0. The van der Waals surface area contributed by atoms with Gasteiger partial charge in [-0.1, -0.05) is 24.3 Å². The molecule has 1 N–H and O–H groups in total. The normalized spacial score (nSPS) is 10.2. The second-order valence-electron chi connectivity index (χ2n) is 4.95. The molecule has 21 heavy (non-hydrogen) atoms. The van der Waals surface area contributed by atoms with Crippen LogP contribution in [-0.2, 0) is 4.79 Å². The lowest BCUT2D eigenvalue weighted by molar-refractivity contribution is -0.116. The van der Waals surface area contributed by atoms with Crippen molar-refractivity contribution < 1.29 is 9.59 Å². The molecule has 110 valence electrons. The lowest BCUT2D eigenvalue weighted by atomic mass is 10.1. The first-order valence-electron chi connectivity index (χ1n) is 6.64. The first-order valence-corrected chi connectivity index (χ1v) is 7.52. The molecule has 1 aromatic heterocycles. The van der Waals surface area contributed by atoms with Crippen LogP contribution in [0.4, 0.5) is 5.69 Å². The Labute approximate surface area is 128 Å². The number of rotatable bonds is 4. The highest BCUT2D eigenvalue weighted by Crippen LogP contribution is 2.19. The van der Waals surface area contributed by atoms with E-state index in [4.69, 9.17) is 0 Å². The quantitative estimate of drug-likeness (QED) is 0.943. The second-order valence-corrected chi connectivity index (χ2v) is 5.90. The zero-order chi connectivity index (χ0) is 15.4. The first kappa shape index (κ1) is 15.3. The Morgan fingerprint density at radius 3 is 2.38 bits per heavy atom. The van der Waals surface area contributed by atoms with Gasteiger partial charge in [0.1, 0.15) is 0 Å². The summed E-state index contributed by atoms with van der Waals surface area (Å²) >= 11 is 1.37. The molecule has 0 saturated carbocycles. The molecule has 2 rings (SSSR count). The Hall–Kier alpha value is -2.14. The smallest absolute Gasteiger partial charge is 0.264 e. The van der Waals surface area contributed by atoms with Gasteiger partial charge in [-0.15, -0.1) is 11.3 Å². The molecule has 5 heteroatoms. The Balaban J connectivity index is 2.00. The van der Waals surface area contributed by atoms with Crippen LogP contribution in [0.1, 0.15) is 20.8 Å². The number of nitrogens with zero attached hydrogens (tertiary/aromatic N) is 1. The summed E-state index contributed by atoms with van der Waals surface area (Å²) in [5.74, 6) is -0.332. The van der Waals surface area contributed by atoms with Crippen LogP contribution < -0.4 is 5.32 Å². The molecule has 1 aromatic carbocycles. The van der Waals surface area contributed by atoms with Gasteiger partial charge in [0.2, 0.25) is 5.91 Å². The van der Waals surface area contributed by atoms with E-state index in [-0.39, 0.29) is 18.4 Å². The zero-order valence-electron chi connectivity index (χ0n) is 12.3. The van der Waals surface area contributed by atoms with Crippen molar-refractivity contribution in [3.05, 3.63) is 51.7 Å². The fraction of sp³-hybridized carbons (Fsp3) is 0.250. The van der Waals surface area contributed by atoms with Crippen molar-refractivity contribution in [1.29, 1.82) is 0 Å². The van der Waals surface area contributed by atoms with Gasteiger partial charge in [-0.05, 0) is 36.4 Å². The first-order chi connectivity index (χ1) is 9.99. The van der Waals surface area contributed by atoms with Crippen LogP contribution in [0.5, 0.6) is 0 Å². The van der Waals surface area contributed by atoms with Crippen LogP contribution >= 0.6 is 11.3 Å². The number of hydrogen-bond donors (Lipinski definition) is 1. The number of carbonyl (C=O) groups is 2. The van der Waals surface area contributed by atoms with E-state index < -0.39 is 0 Å². The third-order valence-corrected chi connectivity index (χ3v) is 4.06. The number of likely N-dealkylation sites (N-methyl/N-ethyl adjacent to an activating group) is 1. The molecular formula is C16H18N2O2S. The van der Waals surface area contributed by atoms with E-state index in [0.717, 1.165) is 16.8 Å². The van der Waals surface area contributed by atoms with Crippen LogP contribution in [0.25, 0.3) is 0 Å². The minimum Gasteiger partial charge on any atom is -0.332 e. The van der Waals surface area contributed by atoms with E-state index >= 15 is 0 Å². The monoisotopic (exact) mass is 302 g/mol. The van der Waals surface area contributed by atoms with Gasteiger partial charge in [-0.25, -0.2) is 0 Å². The highest BCUT2D eigenvalue weighted by atomic mass is 32.1. The summed E-state index contributed by atoms with van der Waals surface area (Å²) in [4.78, 5) is 26.2. The van der Waals surface area contributed by atoms with Gasteiger partial charge in [0.05, 0.1) is 11.4 Å². The number of benzene rings is 1. The fourth-order valence-electron chi connectivity index (χ4n) is 2.07. The van der Waals surface area contributed by atoms with Crippen LogP contribution in [0.2, 0.25) is 0 Å². The number of carbonyl (C=O) groups excluding carboxylic acids is 2. The lowest BCUT2D eigenvalue weighted by Crippen LogP contribution is -2.34. The van der Waals surface area contributed by atoms with Crippen LogP contribution in [0.15, 0.2) is 35.7 Å². The Morgan fingerprint density at radius 2 is 1.81 bits per heavy atom. The topological polar surface area (TPSA) is 49.4 Å². The van der Waals surface area contributed by atoms with E-state index in [1.807, 2.05) is 43.5 Å². The summed E-state index contributed by atoms with van der Waals surface area (Å²) in [7, 11) is 1.63. The SMILES string of the molecule is Cc1cccc(C)c1NC(=O)CN(C)C(=O)c1cccs1. The molecule has 0 aliphatic carbocycles. The Morgan fingerprint density at radius 1 is 1.14 bits per heavy atom. The van der Waals surface area contributed by atoms with Crippen LogP contribution in [0, 0.1) is 13.8 Å². The maximum absolute atomic E-state index is 12.1. The van der Waals surface area contributed by atoms with Crippen molar-refractivity contribution >= 4 is 28.8 Å². The number of amides is 2. The van der Waals surface area contributed by atoms with Gasteiger partial charge in [0.25, 0.3) is 5.91 Å². The fourth-order valence-corrected chi connectivity index (χ4v) is 2.78. The molecule has 0 aliphatic heterocycles. The molecule has 0 saturated heterocycles. The molecule has 2 aromatic rings. The van der Waals surface area contributed by atoms with Gasteiger partial charge in [0, 0.05) is 12.7 Å². The highest BCUT2D eigenvalue weighted by Gasteiger charge is 2.16. The summed E-state index contributed by atoms with van der Waals surface area (Å²) < 4.78 is 0. The van der Waals surface area contributed by atoms with Crippen molar-refractivity contribution in [3.8, 4) is 0 Å². The number of para-hydroxylation sites is 1. The molecule has 2 amide bonds. The van der Waals surface area contributed by atoms with Gasteiger partial charge in [-0.2, -0.15) is 0 Å². The average molecular weight is 302 g/mol. The van der Waals surface area contributed by atoms with Crippen LogP contribution in [-0.4, -0.2) is 30.3 Å². The Kier molecular flexibility index (Phi) is 4.75. The van der Waals surface area contributed by atoms with Crippen molar-refractivity contribution in [1.82, 2.24) is 4.90 Å². The largest absolute Gasteiger partial charge is 0.332 e. The van der Waals surface area contributed by atoms with E-state index in [1.54, 1.807) is 13.1 Å². The molecular weight excluding hydrogens is 284 g/mol. The van der Waals surface area contributed by atoms with Crippen molar-refractivity contribution in [3.63, 3.8) is 0 Å². The standard InChI is InChI=1S/C16H18N2O2S/c1-11-6-4-7-12(2)15(11)17-14(19)10-18(3)16(20)13-8-5-9-21-13/h4-9H,10H2,1-3H3,(H,17,19). The zero-order valence-corrected chi connectivity index (χ0v) is 13.2. The summed E-state index contributed by atoms with van der Waals surface area (Å²) in [6, 6.07) is 9.43. The van der Waals surface area contributed by atoms with E-state index in [9.17, 15) is 9.59 Å². The molecule has 0 atom stereocenters. The minimum absolute atomic E-state index is 0.0322. The van der Waals surface area contributed by atoms with Gasteiger partial charge < -0.3 is 10.2 Å². The molecule has 0 spiro atoms. The second kappa shape index (κ2) is 6.54. The predicted octanol–water partition coefficient (Wildman–Crippen LogP) is 3.08. The van der Waals surface area contributed by atoms with Crippen molar-refractivity contribution in [2.45, 2.75) is 13.8 Å². The van der Waals surface area contributed by atoms with Crippen LogP contribution in [0.3, 0.4) is 0 Å². The van der Waals surface area contributed by atoms with Crippen molar-refractivity contribution in [2.75, 3.05) is 18.9 Å². The highest BCUT2D eigenvalue weighted by molar-refractivity contribution is 7.12. The molecule has 0 unspecified atom stereocenters. The van der Waals surface area contributed by atoms with Crippen molar-refractivity contribution in [2.24, 2.45) is 0 Å². The van der Waals surface area contributed by atoms with Gasteiger partial charge in [0.15, 0.2) is 0 Å². The molecule has 4 nitrogen and oxygen atoms in total. The van der Waals surface area contributed by atoms with E-state index in [0.29, 0.717) is 4.88 Å². The number of aryl methyl sites for hydroxylation is 2. The number of hydrogen-bond acceptors (Lipinski definition) is 3. The molecule has 0 fully saturated rings. The molecule has 0 aliphatic rings. The Bertz CT molecular complexity index is 630. The van der Waals surface area contributed by atoms with E-state index in [1.165, 1.54) is 16.2 Å². The third kappa shape index (κ3) is 3.70. The number of thiophene rings is 1.